The number of nitrogens with one attached hydrogen (secondary N) is 1. The van der Waals surface area contributed by atoms with Crippen molar-refractivity contribution < 1.29 is 9.47 Å². The number of aryl methyl sites for hydroxylation is 1. The Morgan fingerprint density at radius 1 is 1.09 bits per heavy atom. The molecule has 0 atom stereocenters. The van der Waals surface area contributed by atoms with Crippen molar-refractivity contribution in [3.8, 4) is 17.3 Å². The van der Waals surface area contributed by atoms with E-state index in [1.165, 1.54) is 5.56 Å². The molecule has 2 aromatic heterocycles. The molecule has 1 aromatic carbocycles. The third kappa shape index (κ3) is 5.78. The summed E-state index contributed by atoms with van der Waals surface area (Å²) in [4.78, 5) is 15.7. The molecule has 3 aromatic rings. The smallest absolute Gasteiger partial charge is 0.193 e. The van der Waals surface area contributed by atoms with E-state index in [9.17, 15) is 0 Å². The van der Waals surface area contributed by atoms with E-state index in [0.717, 1.165) is 54.2 Å². The number of aromatic nitrogens is 3. The van der Waals surface area contributed by atoms with Gasteiger partial charge in [0.15, 0.2) is 17.5 Å². The minimum absolute atomic E-state index is 0.555. The van der Waals surface area contributed by atoms with Gasteiger partial charge in [0.05, 0.1) is 20.8 Å². The van der Waals surface area contributed by atoms with Crippen molar-refractivity contribution in [3.63, 3.8) is 0 Å². The Balaban J connectivity index is 1.63. The van der Waals surface area contributed by atoms with Crippen LogP contribution >= 0.6 is 0 Å². The molecule has 0 aliphatic rings. The van der Waals surface area contributed by atoms with Gasteiger partial charge in [-0.1, -0.05) is 12.1 Å². The highest BCUT2D eigenvalue weighted by molar-refractivity contribution is 5.79. The number of hydrogen-bond donors (Lipinski definition) is 1. The number of guanidine groups is 1. The lowest BCUT2D eigenvalue weighted by Gasteiger charge is -2.22. The summed E-state index contributed by atoms with van der Waals surface area (Å²) >= 11 is 0. The molecule has 0 unspecified atom stereocenters. The van der Waals surface area contributed by atoms with Gasteiger partial charge in [-0.05, 0) is 49.6 Å². The average molecular weight is 437 g/mol. The predicted octanol–water partition coefficient (Wildman–Crippen LogP) is 3.23. The Labute approximate surface area is 189 Å². The molecule has 0 bridgehead atoms. The van der Waals surface area contributed by atoms with E-state index in [1.54, 1.807) is 20.4 Å². The first-order valence-electron chi connectivity index (χ1n) is 10.7. The average Bonchev–Trinajstić information content (AvgIpc) is 3.26. The monoisotopic (exact) mass is 436 g/mol. The predicted molar refractivity (Wildman–Crippen MR) is 127 cm³/mol. The molecule has 0 saturated heterocycles. The highest BCUT2D eigenvalue weighted by Crippen LogP contribution is 2.27. The number of likely N-dealkylation sites (N-methyl/N-ethyl adjacent to an activating group) is 1. The molecule has 0 saturated carbocycles. The van der Waals surface area contributed by atoms with Crippen LogP contribution in [0.2, 0.25) is 0 Å². The SMILES string of the molecule is CCNC(=NCc1ccc(-n2ccnc2C)nc1)N(C)CCc1ccc(OC)c(OC)c1. The van der Waals surface area contributed by atoms with Gasteiger partial charge in [-0.25, -0.2) is 15.0 Å². The summed E-state index contributed by atoms with van der Waals surface area (Å²) in [5, 5.41) is 3.37. The van der Waals surface area contributed by atoms with Crippen LogP contribution in [0.15, 0.2) is 53.9 Å². The highest BCUT2D eigenvalue weighted by atomic mass is 16.5. The molecule has 1 N–H and O–H groups in total. The number of rotatable bonds is 9. The molecule has 32 heavy (non-hydrogen) atoms. The number of pyridine rings is 1. The van der Waals surface area contributed by atoms with Crippen molar-refractivity contribution in [1.29, 1.82) is 0 Å². The summed E-state index contributed by atoms with van der Waals surface area (Å²) in [5.74, 6) is 4.11. The second kappa shape index (κ2) is 11.2. The number of imidazole rings is 1. The highest BCUT2D eigenvalue weighted by Gasteiger charge is 2.09. The van der Waals surface area contributed by atoms with Gasteiger partial charge in [-0.2, -0.15) is 0 Å². The maximum absolute atomic E-state index is 5.41. The number of ether oxygens (including phenoxy) is 2. The molecule has 0 aliphatic carbocycles. The molecule has 0 spiro atoms. The first kappa shape index (κ1) is 23.1. The van der Waals surface area contributed by atoms with Crippen LogP contribution in [0.4, 0.5) is 0 Å². The standard InChI is InChI=1S/C24H32N6O2/c1-6-25-24(29(3)13-11-19-7-9-21(31-4)22(15-19)32-5)28-17-20-8-10-23(27-16-20)30-14-12-26-18(30)2/h7-10,12,14-16H,6,11,13,17H2,1-5H3,(H,25,28). The van der Waals surface area contributed by atoms with Gasteiger partial charge in [0, 0.05) is 38.7 Å². The number of benzene rings is 1. The summed E-state index contributed by atoms with van der Waals surface area (Å²) in [6.45, 7) is 6.20. The maximum Gasteiger partial charge on any atom is 0.193 e. The first-order valence-corrected chi connectivity index (χ1v) is 10.7. The summed E-state index contributed by atoms with van der Waals surface area (Å²) < 4.78 is 12.7. The van der Waals surface area contributed by atoms with Crippen molar-refractivity contribution in [2.24, 2.45) is 4.99 Å². The molecule has 0 fully saturated rings. The van der Waals surface area contributed by atoms with Crippen molar-refractivity contribution in [2.45, 2.75) is 26.8 Å². The zero-order valence-corrected chi connectivity index (χ0v) is 19.5. The Kier molecular flexibility index (Phi) is 8.08. The van der Waals surface area contributed by atoms with Crippen LogP contribution < -0.4 is 14.8 Å². The molecule has 2 heterocycles. The summed E-state index contributed by atoms with van der Waals surface area (Å²) in [6, 6.07) is 10.1. The maximum atomic E-state index is 5.41. The third-order valence-corrected chi connectivity index (χ3v) is 5.17. The minimum Gasteiger partial charge on any atom is -0.493 e. The van der Waals surface area contributed by atoms with Crippen molar-refractivity contribution >= 4 is 5.96 Å². The van der Waals surface area contributed by atoms with Crippen molar-refractivity contribution in [3.05, 3.63) is 65.9 Å². The van der Waals surface area contributed by atoms with Gasteiger partial charge in [-0.3, -0.25) is 4.57 Å². The molecule has 0 radical (unpaired) electrons. The third-order valence-electron chi connectivity index (χ3n) is 5.17. The minimum atomic E-state index is 0.555. The van der Waals surface area contributed by atoms with Gasteiger partial charge in [0.2, 0.25) is 0 Å². The Bertz CT molecular complexity index is 1030. The van der Waals surface area contributed by atoms with E-state index in [2.05, 4.69) is 39.2 Å². The normalized spacial score (nSPS) is 11.3. The van der Waals surface area contributed by atoms with E-state index >= 15 is 0 Å². The molecular formula is C24H32N6O2. The zero-order valence-electron chi connectivity index (χ0n) is 19.5. The van der Waals surface area contributed by atoms with Gasteiger partial charge in [-0.15, -0.1) is 0 Å². The van der Waals surface area contributed by atoms with Crippen molar-refractivity contribution in [1.82, 2.24) is 24.8 Å². The molecule has 8 heteroatoms. The van der Waals surface area contributed by atoms with Crippen LogP contribution in [0.5, 0.6) is 11.5 Å². The second-order valence-electron chi connectivity index (χ2n) is 7.40. The molecule has 0 amide bonds. The van der Waals surface area contributed by atoms with Gasteiger partial charge in [0.1, 0.15) is 11.6 Å². The fraction of sp³-hybridized carbons (Fsp3) is 0.375. The quantitative estimate of drug-likeness (QED) is 0.410. The van der Waals surface area contributed by atoms with Crippen LogP contribution in [-0.4, -0.2) is 59.8 Å². The van der Waals surface area contributed by atoms with Gasteiger partial charge in [0.25, 0.3) is 0 Å². The lowest BCUT2D eigenvalue weighted by molar-refractivity contribution is 0.354. The first-order chi connectivity index (χ1) is 15.5. The molecule has 170 valence electrons. The summed E-state index contributed by atoms with van der Waals surface area (Å²) in [5.41, 5.74) is 2.23. The second-order valence-corrected chi connectivity index (χ2v) is 7.40. The number of nitrogens with zero attached hydrogens (tertiary/aromatic N) is 5. The van der Waals surface area contributed by atoms with Crippen LogP contribution in [0.25, 0.3) is 5.82 Å². The Morgan fingerprint density at radius 2 is 1.88 bits per heavy atom. The molecule has 3 rings (SSSR count). The van der Waals surface area contributed by atoms with Gasteiger partial charge < -0.3 is 19.7 Å². The van der Waals surface area contributed by atoms with E-state index in [1.807, 2.05) is 49.1 Å². The largest absolute Gasteiger partial charge is 0.493 e. The molecule has 0 aliphatic heterocycles. The van der Waals surface area contributed by atoms with E-state index in [-0.39, 0.29) is 0 Å². The van der Waals surface area contributed by atoms with Crippen LogP contribution in [0.3, 0.4) is 0 Å². The van der Waals surface area contributed by atoms with Gasteiger partial charge >= 0.3 is 0 Å². The number of hydrogen-bond acceptors (Lipinski definition) is 5. The zero-order chi connectivity index (χ0) is 22.9. The summed E-state index contributed by atoms with van der Waals surface area (Å²) in [7, 11) is 5.35. The lowest BCUT2D eigenvalue weighted by atomic mass is 10.1. The Hall–Kier alpha value is -3.55. The van der Waals surface area contributed by atoms with E-state index in [4.69, 9.17) is 14.5 Å². The Morgan fingerprint density at radius 3 is 2.50 bits per heavy atom. The van der Waals surface area contributed by atoms with Crippen LogP contribution in [-0.2, 0) is 13.0 Å². The van der Waals surface area contributed by atoms with Crippen molar-refractivity contribution in [2.75, 3.05) is 34.4 Å². The summed E-state index contributed by atoms with van der Waals surface area (Å²) in [6.07, 6.45) is 6.41. The van der Waals surface area contributed by atoms with Crippen LogP contribution in [0, 0.1) is 6.92 Å². The lowest BCUT2D eigenvalue weighted by Crippen LogP contribution is -2.39. The molecule has 8 nitrogen and oxygen atoms in total. The fourth-order valence-electron chi connectivity index (χ4n) is 3.35. The number of methoxy groups -OCH3 is 2. The van der Waals surface area contributed by atoms with E-state index in [0.29, 0.717) is 6.54 Å². The number of aliphatic imine (C=N–C) groups is 1. The topological polar surface area (TPSA) is 76.8 Å². The molecular weight excluding hydrogens is 404 g/mol. The fourth-order valence-corrected chi connectivity index (χ4v) is 3.35. The van der Waals surface area contributed by atoms with E-state index < -0.39 is 0 Å². The van der Waals surface area contributed by atoms with Crippen LogP contribution in [0.1, 0.15) is 23.9 Å².